The summed E-state index contributed by atoms with van der Waals surface area (Å²) in [5, 5.41) is 0.969. The van der Waals surface area contributed by atoms with Crippen molar-refractivity contribution in [2.75, 3.05) is 11.9 Å². The fraction of sp³-hybridized carbons (Fsp3) is 0.857. The Labute approximate surface area is 110 Å². The van der Waals surface area contributed by atoms with Crippen molar-refractivity contribution in [2.24, 2.45) is 0 Å². The van der Waals surface area contributed by atoms with Gasteiger partial charge in [-0.3, -0.25) is 0 Å². The first kappa shape index (κ1) is 16.2. The van der Waals surface area contributed by atoms with Crippen LogP contribution in [-0.4, -0.2) is 17.5 Å². The van der Waals surface area contributed by atoms with Crippen LogP contribution in [0.1, 0.15) is 59.8 Å². The van der Waals surface area contributed by atoms with E-state index in [-0.39, 0.29) is 5.60 Å². The van der Waals surface area contributed by atoms with E-state index in [1.165, 1.54) is 24.8 Å². The lowest BCUT2D eigenvalue weighted by Gasteiger charge is -2.31. The number of rotatable bonds is 9. The molecule has 0 saturated heterocycles. The summed E-state index contributed by atoms with van der Waals surface area (Å²) in [6.07, 6.45) is 8.11. The molecule has 0 bridgehead atoms. The number of alkyl halides is 1. The number of halogens is 1. The molecule has 0 saturated carbocycles. The Morgan fingerprint density at radius 2 is 1.88 bits per heavy atom. The molecule has 96 valence electrons. The van der Waals surface area contributed by atoms with Gasteiger partial charge in [0, 0.05) is 11.9 Å². The smallest absolute Gasteiger partial charge is 0.0677 e. The summed E-state index contributed by atoms with van der Waals surface area (Å²) in [5.41, 5.74) is 1.61. The van der Waals surface area contributed by atoms with Crippen LogP contribution < -0.4 is 0 Å². The van der Waals surface area contributed by atoms with Gasteiger partial charge < -0.3 is 4.74 Å². The third-order valence-electron chi connectivity index (χ3n) is 3.37. The van der Waals surface area contributed by atoms with Crippen molar-refractivity contribution in [3.63, 3.8) is 0 Å². The second kappa shape index (κ2) is 9.23. The predicted molar refractivity (Wildman–Crippen MR) is 76.3 cm³/mol. The second-order valence-corrected chi connectivity index (χ2v) is 5.03. The predicted octanol–water partition coefficient (Wildman–Crippen LogP) is 5.09. The molecule has 0 unspecified atom stereocenters. The zero-order valence-electron chi connectivity index (χ0n) is 11.3. The first-order chi connectivity index (χ1) is 7.64. The van der Waals surface area contributed by atoms with E-state index in [9.17, 15) is 0 Å². The van der Waals surface area contributed by atoms with Gasteiger partial charge in [0.05, 0.1) is 5.60 Å². The van der Waals surface area contributed by atoms with Crippen molar-refractivity contribution in [1.29, 1.82) is 0 Å². The topological polar surface area (TPSA) is 9.23 Å². The van der Waals surface area contributed by atoms with Crippen LogP contribution in [0.3, 0.4) is 0 Å². The van der Waals surface area contributed by atoms with Crippen LogP contribution in [0.2, 0.25) is 0 Å². The highest BCUT2D eigenvalue weighted by Gasteiger charge is 2.25. The van der Waals surface area contributed by atoms with Gasteiger partial charge >= 0.3 is 0 Å². The van der Waals surface area contributed by atoms with Crippen molar-refractivity contribution in [3.8, 4) is 0 Å². The molecule has 1 nitrogen and oxygen atoms in total. The summed E-state index contributed by atoms with van der Waals surface area (Å²) >= 11 is 3.43. The van der Waals surface area contributed by atoms with Crippen molar-refractivity contribution in [2.45, 2.75) is 65.4 Å². The van der Waals surface area contributed by atoms with Crippen LogP contribution in [0, 0.1) is 0 Å². The van der Waals surface area contributed by atoms with Crippen LogP contribution in [0.5, 0.6) is 0 Å². The highest BCUT2D eigenvalue weighted by Crippen LogP contribution is 2.27. The molecule has 0 aliphatic heterocycles. The van der Waals surface area contributed by atoms with E-state index in [1.54, 1.807) is 0 Å². The number of hydrogen-bond acceptors (Lipinski definition) is 1. The lowest BCUT2D eigenvalue weighted by Crippen LogP contribution is -2.31. The quantitative estimate of drug-likeness (QED) is 0.424. The van der Waals surface area contributed by atoms with E-state index >= 15 is 0 Å². The molecule has 0 aromatic carbocycles. The Kier molecular flexibility index (Phi) is 9.34. The van der Waals surface area contributed by atoms with Crippen molar-refractivity contribution < 1.29 is 4.74 Å². The molecule has 0 amide bonds. The Bertz CT molecular complexity index is 195. The maximum Gasteiger partial charge on any atom is 0.0677 e. The third kappa shape index (κ3) is 6.05. The van der Waals surface area contributed by atoms with Crippen molar-refractivity contribution >= 4 is 15.9 Å². The van der Waals surface area contributed by atoms with Crippen LogP contribution >= 0.6 is 15.9 Å². The molecule has 0 aromatic rings. The molecule has 0 aliphatic rings. The summed E-state index contributed by atoms with van der Waals surface area (Å²) in [5.74, 6) is 0. The lowest BCUT2D eigenvalue weighted by molar-refractivity contribution is -0.0523. The van der Waals surface area contributed by atoms with Gasteiger partial charge in [-0.25, -0.2) is 0 Å². The highest BCUT2D eigenvalue weighted by atomic mass is 79.9. The van der Waals surface area contributed by atoms with E-state index in [0.717, 1.165) is 24.8 Å². The van der Waals surface area contributed by atoms with Gasteiger partial charge in [0.2, 0.25) is 0 Å². The highest BCUT2D eigenvalue weighted by molar-refractivity contribution is 9.09. The van der Waals surface area contributed by atoms with Gasteiger partial charge in [-0.2, -0.15) is 0 Å². The molecule has 0 aliphatic carbocycles. The molecule has 0 spiro atoms. The SMILES string of the molecule is CCOC(CC)(CC)CCCC(C)=CCBr. The third-order valence-corrected chi connectivity index (χ3v) is 3.69. The molecule has 2 heteroatoms. The van der Waals surface area contributed by atoms with Crippen molar-refractivity contribution in [1.82, 2.24) is 0 Å². The Balaban J connectivity index is 4.07. The Hall–Kier alpha value is 0.180. The molecule has 0 N–H and O–H groups in total. The van der Waals surface area contributed by atoms with E-state index in [2.05, 4.69) is 49.7 Å². The van der Waals surface area contributed by atoms with Gasteiger partial charge in [0.25, 0.3) is 0 Å². The van der Waals surface area contributed by atoms with Crippen LogP contribution in [0.15, 0.2) is 11.6 Å². The zero-order valence-corrected chi connectivity index (χ0v) is 12.9. The minimum Gasteiger partial charge on any atom is -0.375 e. The minimum absolute atomic E-state index is 0.128. The molecule has 0 fully saturated rings. The van der Waals surface area contributed by atoms with Gasteiger partial charge in [0.15, 0.2) is 0 Å². The van der Waals surface area contributed by atoms with Crippen LogP contribution in [0.25, 0.3) is 0 Å². The van der Waals surface area contributed by atoms with E-state index in [4.69, 9.17) is 4.74 Å². The zero-order chi connectivity index (χ0) is 12.4. The van der Waals surface area contributed by atoms with Gasteiger partial charge in [-0.15, -0.1) is 0 Å². The average Bonchev–Trinajstić information content (AvgIpc) is 2.28. The van der Waals surface area contributed by atoms with Crippen molar-refractivity contribution in [3.05, 3.63) is 11.6 Å². The standard InChI is InChI=1S/C14H27BrO/c1-5-14(6-2,16-7-3)11-8-9-13(4)10-12-15/h10H,5-9,11-12H2,1-4H3. The number of allylic oxidation sites excluding steroid dienone is 2. The molecule has 0 rings (SSSR count). The molecule has 16 heavy (non-hydrogen) atoms. The fourth-order valence-corrected chi connectivity index (χ4v) is 2.66. The fourth-order valence-electron chi connectivity index (χ4n) is 2.11. The normalized spacial score (nSPS) is 13.2. The Morgan fingerprint density at radius 3 is 2.31 bits per heavy atom. The van der Waals surface area contributed by atoms with Gasteiger partial charge in [0.1, 0.15) is 0 Å². The summed E-state index contributed by atoms with van der Waals surface area (Å²) in [4.78, 5) is 0. The van der Waals surface area contributed by atoms with E-state index in [1.807, 2.05) is 0 Å². The summed E-state index contributed by atoms with van der Waals surface area (Å²) in [6.45, 7) is 9.61. The molecular weight excluding hydrogens is 264 g/mol. The molecule has 0 radical (unpaired) electrons. The summed E-state index contributed by atoms with van der Waals surface area (Å²) < 4.78 is 5.94. The maximum absolute atomic E-state index is 5.94. The maximum atomic E-state index is 5.94. The number of hydrogen-bond donors (Lipinski definition) is 0. The minimum atomic E-state index is 0.128. The molecule has 0 atom stereocenters. The molecule has 0 heterocycles. The van der Waals surface area contributed by atoms with Crippen LogP contribution in [-0.2, 0) is 4.74 Å². The first-order valence-electron chi connectivity index (χ1n) is 6.49. The average molecular weight is 291 g/mol. The summed E-state index contributed by atoms with van der Waals surface area (Å²) in [6, 6.07) is 0. The molecule has 0 aromatic heterocycles. The Morgan fingerprint density at radius 1 is 1.25 bits per heavy atom. The largest absolute Gasteiger partial charge is 0.375 e. The monoisotopic (exact) mass is 290 g/mol. The van der Waals surface area contributed by atoms with E-state index in [0.29, 0.717) is 0 Å². The van der Waals surface area contributed by atoms with E-state index < -0.39 is 0 Å². The number of ether oxygens (including phenoxy) is 1. The molecular formula is C14H27BrO. The van der Waals surface area contributed by atoms with Gasteiger partial charge in [-0.05, 0) is 46.0 Å². The van der Waals surface area contributed by atoms with Crippen LogP contribution in [0.4, 0.5) is 0 Å². The summed E-state index contributed by atoms with van der Waals surface area (Å²) in [7, 11) is 0. The second-order valence-electron chi connectivity index (χ2n) is 4.38. The van der Waals surface area contributed by atoms with Gasteiger partial charge in [-0.1, -0.05) is 41.4 Å². The lowest BCUT2D eigenvalue weighted by atomic mass is 9.90. The first-order valence-corrected chi connectivity index (χ1v) is 7.61.